The molecule has 2 aromatic rings. The van der Waals surface area contributed by atoms with Crippen LogP contribution in [0.4, 0.5) is 5.69 Å². The Hall–Kier alpha value is -3.14. The third kappa shape index (κ3) is 3.26. The molecule has 5 rings (SSSR count). The van der Waals surface area contributed by atoms with Gasteiger partial charge in [0.2, 0.25) is 17.7 Å². The van der Waals surface area contributed by atoms with Crippen LogP contribution in [0.1, 0.15) is 17.5 Å². The van der Waals surface area contributed by atoms with Gasteiger partial charge in [-0.25, -0.2) is 0 Å². The van der Waals surface area contributed by atoms with Crippen molar-refractivity contribution in [3.05, 3.63) is 52.5 Å². The summed E-state index contributed by atoms with van der Waals surface area (Å²) < 4.78 is 5.07. The van der Waals surface area contributed by atoms with Gasteiger partial charge in [-0.15, -0.1) is 0 Å². The van der Waals surface area contributed by atoms with E-state index in [0.29, 0.717) is 34.9 Å². The van der Waals surface area contributed by atoms with Crippen LogP contribution in [0.5, 0.6) is 11.5 Å². The molecule has 4 atom stereocenters. The summed E-state index contributed by atoms with van der Waals surface area (Å²) in [6.07, 6.45) is 0.740. The monoisotopic (exact) mass is 485 g/mol. The van der Waals surface area contributed by atoms with E-state index in [1.807, 2.05) is 0 Å². The summed E-state index contributed by atoms with van der Waals surface area (Å²) in [7, 11) is 1.55. The van der Waals surface area contributed by atoms with Crippen molar-refractivity contribution in [2.24, 2.45) is 11.8 Å². The molecule has 10 heteroatoms. The van der Waals surface area contributed by atoms with E-state index in [9.17, 15) is 24.6 Å². The minimum Gasteiger partial charge on any atom is -0.504 e. The van der Waals surface area contributed by atoms with Crippen LogP contribution in [-0.4, -0.2) is 59.1 Å². The van der Waals surface area contributed by atoms with E-state index in [-0.39, 0.29) is 30.4 Å². The van der Waals surface area contributed by atoms with Crippen LogP contribution in [0.15, 0.2) is 36.4 Å². The molecule has 0 aliphatic carbocycles. The number of nitrogens with one attached hydrogen (secondary N) is 2. The van der Waals surface area contributed by atoms with Crippen molar-refractivity contribution in [2.45, 2.75) is 24.4 Å². The number of fused-ring (bicyclic) bond motifs is 4. The zero-order valence-corrected chi connectivity index (χ0v) is 19.1. The van der Waals surface area contributed by atoms with E-state index in [1.165, 1.54) is 17.0 Å². The first-order valence-corrected chi connectivity index (χ1v) is 11.4. The number of aromatic hydroxyl groups is 2. The average molecular weight is 486 g/mol. The quantitative estimate of drug-likeness (QED) is 0.279. The number of hydrogen-bond donors (Lipinski definition) is 4. The molecule has 4 unspecified atom stereocenters. The maximum absolute atomic E-state index is 13.6. The number of ether oxygens (including phenoxy) is 1. The summed E-state index contributed by atoms with van der Waals surface area (Å²) in [4.78, 5) is 41.8. The standard InChI is InChI=1S/C24H24ClN3O6/c1-34-8-2-7-28-21(31)19-16(9-12-3-6-17(29)18(30)10-12)27-24(20(19)22(28)32)14-11-13(25)4-5-15(14)26-23(24)33/h3-6,10-11,16,19-20,27,29-30H,2,7-9H2,1H3,(H,26,33). The van der Waals surface area contributed by atoms with Crippen LogP contribution < -0.4 is 10.6 Å². The number of likely N-dealkylation sites (tertiary alicyclic amines) is 1. The number of nitrogens with zero attached hydrogens (tertiary/aromatic N) is 1. The second-order valence-electron chi connectivity index (χ2n) is 8.91. The van der Waals surface area contributed by atoms with Crippen LogP contribution in [0.3, 0.4) is 0 Å². The lowest BCUT2D eigenvalue weighted by Crippen LogP contribution is -2.53. The van der Waals surface area contributed by atoms with Crippen molar-refractivity contribution < 1.29 is 29.3 Å². The number of phenols is 2. The highest BCUT2D eigenvalue weighted by atomic mass is 35.5. The van der Waals surface area contributed by atoms with Crippen LogP contribution in [0.2, 0.25) is 5.02 Å². The molecule has 2 fully saturated rings. The average Bonchev–Trinajstić information content (AvgIpc) is 3.37. The summed E-state index contributed by atoms with van der Waals surface area (Å²) >= 11 is 6.26. The number of hydrogen-bond acceptors (Lipinski definition) is 7. The third-order valence-corrected chi connectivity index (χ3v) is 7.23. The second-order valence-corrected chi connectivity index (χ2v) is 9.34. The minimum atomic E-state index is -1.45. The van der Waals surface area contributed by atoms with Crippen LogP contribution in [0, 0.1) is 11.8 Å². The first-order chi connectivity index (χ1) is 16.3. The van der Waals surface area contributed by atoms with E-state index in [2.05, 4.69) is 10.6 Å². The molecular formula is C24H24ClN3O6. The van der Waals surface area contributed by atoms with E-state index in [0.717, 1.165) is 0 Å². The van der Waals surface area contributed by atoms with Gasteiger partial charge in [0.25, 0.3) is 0 Å². The molecule has 34 heavy (non-hydrogen) atoms. The number of imide groups is 1. The lowest BCUT2D eigenvalue weighted by molar-refractivity contribution is -0.143. The second kappa shape index (κ2) is 8.26. The van der Waals surface area contributed by atoms with E-state index >= 15 is 0 Å². The number of benzene rings is 2. The predicted octanol–water partition coefficient (Wildman–Crippen LogP) is 1.75. The van der Waals surface area contributed by atoms with Gasteiger partial charge in [0, 0.05) is 42.6 Å². The molecule has 3 aliphatic heterocycles. The Bertz CT molecular complexity index is 1200. The molecule has 3 aliphatic rings. The van der Waals surface area contributed by atoms with Crippen molar-refractivity contribution >= 4 is 35.0 Å². The maximum atomic E-state index is 13.6. The Morgan fingerprint density at radius 2 is 1.88 bits per heavy atom. The summed E-state index contributed by atoms with van der Waals surface area (Å²) in [5.74, 6) is -3.43. The highest BCUT2D eigenvalue weighted by molar-refractivity contribution is 6.31. The van der Waals surface area contributed by atoms with Crippen molar-refractivity contribution in [3.8, 4) is 11.5 Å². The lowest BCUT2D eigenvalue weighted by Gasteiger charge is -2.29. The number of carbonyl (C=O) groups excluding carboxylic acids is 3. The molecule has 178 valence electrons. The topological polar surface area (TPSA) is 128 Å². The van der Waals surface area contributed by atoms with Gasteiger partial charge in [-0.2, -0.15) is 0 Å². The molecule has 0 bridgehead atoms. The van der Waals surface area contributed by atoms with Crippen molar-refractivity contribution in [3.63, 3.8) is 0 Å². The number of carbonyl (C=O) groups is 3. The summed E-state index contributed by atoms with van der Waals surface area (Å²) in [6, 6.07) is 8.82. The first kappa shape index (κ1) is 22.6. The summed E-state index contributed by atoms with van der Waals surface area (Å²) in [5.41, 5.74) is 0.279. The number of rotatable bonds is 6. The first-order valence-electron chi connectivity index (χ1n) is 11.0. The van der Waals surface area contributed by atoms with E-state index in [4.69, 9.17) is 16.3 Å². The van der Waals surface area contributed by atoms with Gasteiger partial charge in [-0.1, -0.05) is 17.7 Å². The molecule has 4 N–H and O–H groups in total. The maximum Gasteiger partial charge on any atom is 0.250 e. The molecule has 0 aromatic heterocycles. The molecular weight excluding hydrogens is 462 g/mol. The Morgan fingerprint density at radius 3 is 2.62 bits per heavy atom. The fraction of sp³-hybridized carbons (Fsp3) is 0.375. The normalized spacial score (nSPS) is 27.4. The highest BCUT2D eigenvalue weighted by Gasteiger charge is 2.70. The lowest BCUT2D eigenvalue weighted by atomic mass is 9.76. The number of methoxy groups -OCH3 is 1. The zero-order valence-electron chi connectivity index (χ0n) is 18.4. The molecule has 0 saturated carbocycles. The van der Waals surface area contributed by atoms with Gasteiger partial charge >= 0.3 is 0 Å². The predicted molar refractivity (Wildman–Crippen MR) is 122 cm³/mol. The molecule has 2 saturated heterocycles. The van der Waals surface area contributed by atoms with Crippen LogP contribution in [-0.2, 0) is 31.1 Å². The van der Waals surface area contributed by atoms with Crippen molar-refractivity contribution in [2.75, 3.05) is 25.6 Å². The van der Waals surface area contributed by atoms with E-state index < -0.39 is 35.2 Å². The van der Waals surface area contributed by atoms with Crippen LogP contribution >= 0.6 is 11.6 Å². The van der Waals surface area contributed by atoms with Gasteiger partial charge in [0.15, 0.2) is 11.5 Å². The Balaban J connectivity index is 1.58. The molecule has 9 nitrogen and oxygen atoms in total. The largest absolute Gasteiger partial charge is 0.504 e. The fourth-order valence-electron chi connectivity index (χ4n) is 5.55. The number of phenolic OH excluding ortho intramolecular Hbond substituents is 2. The van der Waals surface area contributed by atoms with E-state index in [1.54, 1.807) is 31.4 Å². The van der Waals surface area contributed by atoms with Gasteiger partial charge in [-0.05, 0) is 48.7 Å². The summed E-state index contributed by atoms with van der Waals surface area (Å²) in [6.45, 7) is 0.594. The van der Waals surface area contributed by atoms with Crippen molar-refractivity contribution in [1.82, 2.24) is 10.2 Å². The SMILES string of the molecule is COCCCN1C(=O)C2C(Cc3ccc(O)c(O)c3)NC3(C(=O)Nc4ccc(Cl)cc43)C2C1=O. The summed E-state index contributed by atoms with van der Waals surface area (Å²) in [5, 5.41) is 26.2. The van der Waals surface area contributed by atoms with Gasteiger partial charge in [0.05, 0.1) is 11.8 Å². The Labute approximate surface area is 200 Å². The van der Waals surface area contributed by atoms with Gasteiger partial charge in [-0.3, -0.25) is 24.6 Å². The molecule has 3 heterocycles. The Morgan fingerprint density at radius 1 is 1.09 bits per heavy atom. The molecule has 0 radical (unpaired) electrons. The van der Waals surface area contributed by atoms with Crippen LogP contribution in [0.25, 0.3) is 0 Å². The van der Waals surface area contributed by atoms with Gasteiger partial charge in [0.1, 0.15) is 5.54 Å². The smallest absolute Gasteiger partial charge is 0.250 e. The number of anilines is 1. The van der Waals surface area contributed by atoms with Crippen molar-refractivity contribution in [1.29, 1.82) is 0 Å². The molecule has 2 aromatic carbocycles. The number of halogens is 1. The highest BCUT2D eigenvalue weighted by Crippen LogP contribution is 2.53. The fourth-order valence-corrected chi connectivity index (χ4v) is 5.72. The minimum absolute atomic E-state index is 0.200. The third-order valence-electron chi connectivity index (χ3n) is 6.99. The molecule has 1 spiro atoms. The Kier molecular flexibility index (Phi) is 5.50. The number of amides is 3. The zero-order chi connectivity index (χ0) is 24.2. The molecule has 3 amide bonds. The van der Waals surface area contributed by atoms with Gasteiger partial charge < -0.3 is 20.3 Å².